The first-order chi connectivity index (χ1) is 15.2. The summed E-state index contributed by atoms with van der Waals surface area (Å²) in [5, 5.41) is 8.22. The summed E-state index contributed by atoms with van der Waals surface area (Å²) in [6.45, 7) is 6.78. The first kappa shape index (κ1) is 22.3. The van der Waals surface area contributed by atoms with Gasteiger partial charge in [0.1, 0.15) is 0 Å². The zero-order chi connectivity index (χ0) is 23.0. The summed E-state index contributed by atoms with van der Waals surface area (Å²) >= 11 is 0. The second kappa shape index (κ2) is 8.55. The molecule has 3 aromatic heterocycles. The van der Waals surface area contributed by atoms with Gasteiger partial charge >= 0.3 is 6.18 Å². The lowest BCUT2D eigenvalue weighted by molar-refractivity contribution is -0.137. The van der Waals surface area contributed by atoms with Gasteiger partial charge in [0.25, 0.3) is 5.71 Å². The molecular weight excluding hydrogens is 423 g/mol. The fourth-order valence-electron chi connectivity index (χ4n) is 4.34. The number of alkyl halides is 3. The first-order valence-electron chi connectivity index (χ1n) is 10.8. The molecule has 0 aromatic carbocycles. The molecule has 4 rings (SSSR count). The van der Waals surface area contributed by atoms with Crippen LogP contribution in [0.2, 0.25) is 0 Å². The topological polar surface area (TPSA) is 77.0 Å². The summed E-state index contributed by atoms with van der Waals surface area (Å²) < 4.78 is 48.4. The molecule has 3 aromatic rings. The van der Waals surface area contributed by atoms with Crippen LogP contribution in [-0.2, 0) is 23.9 Å². The van der Waals surface area contributed by atoms with Crippen LogP contribution in [0.1, 0.15) is 55.3 Å². The van der Waals surface area contributed by atoms with E-state index in [4.69, 9.17) is 4.52 Å². The molecule has 1 fully saturated rings. The number of hydrogen-bond donors (Lipinski definition) is 0. The molecule has 1 aliphatic heterocycles. The van der Waals surface area contributed by atoms with Crippen molar-refractivity contribution in [1.29, 1.82) is 0 Å². The van der Waals surface area contributed by atoms with Gasteiger partial charge in [-0.05, 0) is 38.3 Å². The monoisotopic (exact) mass is 449 g/mol. The Morgan fingerprint density at radius 2 is 2.16 bits per heavy atom. The van der Waals surface area contributed by atoms with Crippen LogP contribution in [0.4, 0.5) is 13.2 Å². The van der Waals surface area contributed by atoms with Crippen LogP contribution >= 0.6 is 0 Å². The standard InChI is InChI=1S/C22H26F3N5O2/c1-4-16-10-17(22(23,24)25)18-19(28-32-20(18)26-16)15-6-5-8-29(12-15)21(31)13(2)11-30-9-7-14(3)27-30/h7,9-10,13,15H,4-6,8,11-12H2,1-3H3/t13-,15+/m0/s1. The number of likely N-dealkylation sites (tertiary alicyclic amines) is 1. The molecule has 0 unspecified atom stereocenters. The van der Waals surface area contributed by atoms with E-state index in [1.807, 2.05) is 26.1 Å². The molecule has 7 nitrogen and oxygen atoms in total. The van der Waals surface area contributed by atoms with Crippen LogP contribution in [0.3, 0.4) is 0 Å². The lowest BCUT2D eigenvalue weighted by Crippen LogP contribution is -2.42. The van der Waals surface area contributed by atoms with Gasteiger partial charge in [-0.25, -0.2) is 4.98 Å². The fourth-order valence-corrected chi connectivity index (χ4v) is 4.34. The molecule has 0 N–H and O–H groups in total. The number of piperidine rings is 1. The van der Waals surface area contributed by atoms with Gasteiger partial charge in [-0.2, -0.15) is 18.3 Å². The number of rotatable bonds is 5. The SMILES string of the molecule is CCc1cc(C(F)(F)F)c2c([C@@H]3CCCN(C(=O)[C@@H](C)Cn4ccc(C)n4)C3)noc2n1. The third-order valence-electron chi connectivity index (χ3n) is 5.97. The van der Waals surface area contributed by atoms with Gasteiger partial charge in [-0.3, -0.25) is 9.48 Å². The number of aromatic nitrogens is 4. The molecule has 1 saturated heterocycles. The van der Waals surface area contributed by atoms with Gasteiger partial charge in [-0.1, -0.05) is 19.0 Å². The van der Waals surface area contributed by atoms with Crippen molar-refractivity contribution in [3.63, 3.8) is 0 Å². The van der Waals surface area contributed by atoms with Crippen molar-refractivity contribution in [3.05, 3.63) is 41.0 Å². The maximum Gasteiger partial charge on any atom is 0.417 e. The predicted octanol–water partition coefficient (Wildman–Crippen LogP) is 4.35. The number of fused-ring (bicyclic) bond motifs is 1. The Morgan fingerprint density at radius 3 is 2.81 bits per heavy atom. The van der Waals surface area contributed by atoms with Crippen molar-refractivity contribution in [3.8, 4) is 0 Å². The molecule has 0 aliphatic carbocycles. The second-order valence-electron chi connectivity index (χ2n) is 8.46. The number of pyridine rings is 1. The van der Waals surface area contributed by atoms with Gasteiger partial charge in [-0.15, -0.1) is 0 Å². The molecule has 2 atom stereocenters. The highest BCUT2D eigenvalue weighted by atomic mass is 19.4. The number of amides is 1. The second-order valence-corrected chi connectivity index (χ2v) is 8.46. The molecule has 32 heavy (non-hydrogen) atoms. The normalized spacial score (nSPS) is 18.3. The van der Waals surface area contributed by atoms with Crippen LogP contribution in [-0.4, -0.2) is 43.8 Å². The van der Waals surface area contributed by atoms with Crippen molar-refractivity contribution >= 4 is 17.0 Å². The third-order valence-corrected chi connectivity index (χ3v) is 5.97. The number of carbonyl (C=O) groups excluding carboxylic acids is 1. The van der Waals surface area contributed by atoms with E-state index in [1.165, 1.54) is 0 Å². The number of hydrogen-bond acceptors (Lipinski definition) is 5. The van der Waals surface area contributed by atoms with Crippen molar-refractivity contribution in [1.82, 2.24) is 24.8 Å². The molecule has 0 bridgehead atoms. The molecule has 1 aliphatic rings. The van der Waals surface area contributed by atoms with Gasteiger partial charge in [0, 0.05) is 30.9 Å². The van der Waals surface area contributed by atoms with E-state index in [2.05, 4.69) is 15.2 Å². The minimum atomic E-state index is -4.55. The Hall–Kier alpha value is -2.91. The largest absolute Gasteiger partial charge is 0.417 e. The van der Waals surface area contributed by atoms with Crippen LogP contribution < -0.4 is 0 Å². The van der Waals surface area contributed by atoms with E-state index in [0.717, 1.165) is 11.8 Å². The summed E-state index contributed by atoms with van der Waals surface area (Å²) in [6, 6.07) is 2.95. The zero-order valence-electron chi connectivity index (χ0n) is 18.3. The van der Waals surface area contributed by atoms with E-state index in [-0.39, 0.29) is 34.5 Å². The van der Waals surface area contributed by atoms with Gasteiger partial charge in [0.15, 0.2) is 0 Å². The van der Waals surface area contributed by atoms with Crippen molar-refractivity contribution in [2.24, 2.45) is 5.92 Å². The molecule has 1 amide bonds. The molecule has 172 valence electrons. The number of nitrogens with zero attached hydrogens (tertiary/aromatic N) is 5. The highest BCUT2D eigenvalue weighted by Gasteiger charge is 2.38. The highest BCUT2D eigenvalue weighted by Crippen LogP contribution is 2.40. The highest BCUT2D eigenvalue weighted by molar-refractivity contribution is 5.82. The number of aryl methyl sites for hydroxylation is 2. The maximum absolute atomic E-state index is 13.8. The van der Waals surface area contributed by atoms with Crippen LogP contribution in [0, 0.1) is 12.8 Å². The Kier molecular flexibility index (Phi) is 5.96. The van der Waals surface area contributed by atoms with Crippen LogP contribution in [0.25, 0.3) is 11.1 Å². The predicted molar refractivity (Wildman–Crippen MR) is 111 cm³/mol. The summed E-state index contributed by atoms with van der Waals surface area (Å²) in [4.78, 5) is 19.0. The third kappa shape index (κ3) is 4.35. The van der Waals surface area contributed by atoms with Crippen molar-refractivity contribution < 1.29 is 22.5 Å². The number of halogens is 3. The lowest BCUT2D eigenvalue weighted by Gasteiger charge is -2.33. The first-order valence-corrected chi connectivity index (χ1v) is 10.8. The van der Waals surface area contributed by atoms with E-state index in [0.29, 0.717) is 44.6 Å². The summed E-state index contributed by atoms with van der Waals surface area (Å²) in [5.41, 5.74) is 0.533. The average Bonchev–Trinajstić information content (AvgIpc) is 3.37. The Labute approximate surface area is 183 Å². The summed E-state index contributed by atoms with van der Waals surface area (Å²) in [6.07, 6.45) is -1.05. The van der Waals surface area contributed by atoms with E-state index in [9.17, 15) is 18.0 Å². The van der Waals surface area contributed by atoms with Crippen molar-refractivity contribution in [2.45, 2.75) is 58.7 Å². The quantitative estimate of drug-likeness (QED) is 0.579. The summed E-state index contributed by atoms with van der Waals surface area (Å²) in [5.74, 6) is -0.691. The zero-order valence-corrected chi connectivity index (χ0v) is 18.3. The Morgan fingerprint density at radius 1 is 1.38 bits per heavy atom. The molecular formula is C22H26F3N5O2. The Balaban J connectivity index is 1.58. The maximum atomic E-state index is 13.8. The average molecular weight is 449 g/mol. The van der Waals surface area contributed by atoms with E-state index < -0.39 is 11.7 Å². The minimum Gasteiger partial charge on any atom is -0.342 e. The Bertz CT molecular complexity index is 1120. The number of carbonyl (C=O) groups is 1. The molecule has 0 radical (unpaired) electrons. The van der Waals surface area contributed by atoms with Crippen molar-refractivity contribution in [2.75, 3.05) is 13.1 Å². The van der Waals surface area contributed by atoms with E-state index in [1.54, 1.807) is 16.5 Å². The van der Waals surface area contributed by atoms with Crippen LogP contribution in [0.5, 0.6) is 0 Å². The fraction of sp³-hybridized carbons (Fsp3) is 0.545. The van der Waals surface area contributed by atoms with Gasteiger partial charge in [0.05, 0.1) is 34.8 Å². The molecule has 10 heteroatoms. The van der Waals surface area contributed by atoms with E-state index >= 15 is 0 Å². The van der Waals surface area contributed by atoms with Crippen LogP contribution in [0.15, 0.2) is 22.9 Å². The van der Waals surface area contributed by atoms with Gasteiger partial charge in [0.2, 0.25) is 5.91 Å². The minimum absolute atomic E-state index is 0.0434. The smallest absolute Gasteiger partial charge is 0.342 e. The summed E-state index contributed by atoms with van der Waals surface area (Å²) in [7, 11) is 0. The molecule has 0 saturated carbocycles. The molecule has 4 heterocycles. The molecule has 0 spiro atoms. The van der Waals surface area contributed by atoms with Gasteiger partial charge < -0.3 is 9.42 Å². The lowest BCUT2D eigenvalue weighted by atomic mass is 9.91.